The zero-order valence-corrected chi connectivity index (χ0v) is 9.56. The summed E-state index contributed by atoms with van der Waals surface area (Å²) >= 11 is 0. The lowest BCUT2D eigenvalue weighted by molar-refractivity contribution is 0.672. The van der Waals surface area contributed by atoms with E-state index >= 15 is 0 Å². The molecule has 2 N–H and O–H groups in total. The first kappa shape index (κ1) is 10.3. The van der Waals surface area contributed by atoms with Crippen LogP contribution in [0.3, 0.4) is 0 Å². The summed E-state index contributed by atoms with van der Waals surface area (Å²) in [6.07, 6.45) is 4.82. The molecule has 2 rings (SSSR count). The minimum atomic E-state index is 0.411. The molecule has 1 aromatic heterocycles. The third kappa shape index (κ3) is 2.06. The van der Waals surface area contributed by atoms with Gasteiger partial charge >= 0.3 is 0 Å². The molecule has 0 bridgehead atoms. The van der Waals surface area contributed by atoms with E-state index in [1.165, 1.54) is 24.1 Å². The Balaban J connectivity index is 2.21. The van der Waals surface area contributed by atoms with Gasteiger partial charge in [0.1, 0.15) is 5.69 Å². The summed E-state index contributed by atoms with van der Waals surface area (Å²) in [5, 5.41) is 10.8. The number of hydrogen-bond donors (Lipinski definition) is 2. The Bertz CT molecular complexity index is 363. The van der Waals surface area contributed by atoms with Crippen molar-refractivity contribution in [1.29, 1.82) is 0 Å². The SMILES string of the molecule is C=C(NC(C)C)c1n[nH]c2c1CCCC2. The Labute approximate surface area is 91.0 Å². The average Bonchev–Trinajstić information content (AvgIpc) is 2.59. The topological polar surface area (TPSA) is 40.7 Å². The van der Waals surface area contributed by atoms with E-state index in [-0.39, 0.29) is 0 Å². The molecule has 1 aliphatic carbocycles. The Kier molecular flexibility index (Phi) is 2.80. The van der Waals surface area contributed by atoms with Gasteiger partial charge in [-0.3, -0.25) is 5.10 Å². The van der Waals surface area contributed by atoms with Crippen molar-refractivity contribution in [2.24, 2.45) is 0 Å². The van der Waals surface area contributed by atoms with Gasteiger partial charge in [0.05, 0.1) is 5.70 Å². The molecule has 3 heteroatoms. The van der Waals surface area contributed by atoms with Crippen LogP contribution in [-0.2, 0) is 12.8 Å². The highest BCUT2D eigenvalue weighted by atomic mass is 15.1. The van der Waals surface area contributed by atoms with E-state index in [1.807, 2.05) is 0 Å². The van der Waals surface area contributed by atoms with E-state index in [0.29, 0.717) is 6.04 Å². The van der Waals surface area contributed by atoms with Crippen LogP contribution >= 0.6 is 0 Å². The number of hydrogen-bond acceptors (Lipinski definition) is 2. The van der Waals surface area contributed by atoms with Crippen molar-refractivity contribution in [3.63, 3.8) is 0 Å². The third-order valence-electron chi connectivity index (χ3n) is 2.81. The summed E-state index contributed by atoms with van der Waals surface area (Å²) in [6.45, 7) is 8.28. The first-order valence-electron chi connectivity index (χ1n) is 5.70. The van der Waals surface area contributed by atoms with Crippen molar-refractivity contribution in [1.82, 2.24) is 15.5 Å². The van der Waals surface area contributed by atoms with E-state index in [9.17, 15) is 0 Å². The molecular formula is C12H19N3. The van der Waals surface area contributed by atoms with Crippen molar-refractivity contribution in [2.45, 2.75) is 45.6 Å². The van der Waals surface area contributed by atoms with Crippen LogP contribution in [0.4, 0.5) is 0 Å². The third-order valence-corrected chi connectivity index (χ3v) is 2.81. The molecule has 0 aromatic carbocycles. The molecule has 0 unspecified atom stereocenters. The van der Waals surface area contributed by atoms with Crippen LogP contribution in [0.25, 0.3) is 5.70 Å². The molecule has 0 fully saturated rings. The van der Waals surface area contributed by atoms with Gasteiger partial charge in [-0.25, -0.2) is 0 Å². The molecular weight excluding hydrogens is 186 g/mol. The van der Waals surface area contributed by atoms with Crippen LogP contribution in [0.2, 0.25) is 0 Å². The second-order valence-corrected chi connectivity index (χ2v) is 4.51. The van der Waals surface area contributed by atoms with E-state index in [1.54, 1.807) is 0 Å². The van der Waals surface area contributed by atoms with Crippen molar-refractivity contribution >= 4 is 5.70 Å². The molecule has 15 heavy (non-hydrogen) atoms. The number of H-pyrrole nitrogens is 1. The molecule has 1 aliphatic rings. The second-order valence-electron chi connectivity index (χ2n) is 4.51. The highest BCUT2D eigenvalue weighted by Gasteiger charge is 2.18. The minimum Gasteiger partial charge on any atom is -0.382 e. The molecule has 0 radical (unpaired) electrons. The van der Waals surface area contributed by atoms with Gasteiger partial charge in [-0.1, -0.05) is 6.58 Å². The molecule has 1 heterocycles. The Hall–Kier alpha value is -1.25. The summed E-state index contributed by atoms with van der Waals surface area (Å²) in [5.74, 6) is 0. The first-order valence-corrected chi connectivity index (χ1v) is 5.70. The maximum Gasteiger partial charge on any atom is 0.111 e. The number of nitrogens with one attached hydrogen (secondary N) is 2. The van der Waals surface area contributed by atoms with Crippen LogP contribution in [0.1, 0.15) is 43.6 Å². The van der Waals surface area contributed by atoms with Crippen LogP contribution in [-0.4, -0.2) is 16.2 Å². The van der Waals surface area contributed by atoms with Crippen molar-refractivity contribution in [3.05, 3.63) is 23.5 Å². The smallest absolute Gasteiger partial charge is 0.111 e. The molecule has 0 atom stereocenters. The minimum absolute atomic E-state index is 0.411. The average molecular weight is 205 g/mol. The molecule has 3 nitrogen and oxygen atoms in total. The van der Waals surface area contributed by atoms with Crippen molar-refractivity contribution in [2.75, 3.05) is 0 Å². The van der Waals surface area contributed by atoms with E-state index in [0.717, 1.165) is 24.2 Å². The highest BCUT2D eigenvalue weighted by molar-refractivity contribution is 5.62. The van der Waals surface area contributed by atoms with Crippen LogP contribution in [0, 0.1) is 0 Å². The van der Waals surface area contributed by atoms with Gasteiger partial charge in [-0.2, -0.15) is 5.10 Å². The van der Waals surface area contributed by atoms with Gasteiger partial charge in [0.25, 0.3) is 0 Å². The largest absolute Gasteiger partial charge is 0.382 e. The number of rotatable bonds is 3. The Morgan fingerprint density at radius 2 is 2.13 bits per heavy atom. The van der Waals surface area contributed by atoms with Crippen LogP contribution < -0.4 is 5.32 Å². The molecule has 0 saturated heterocycles. The van der Waals surface area contributed by atoms with Crippen molar-refractivity contribution < 1.29 is 0 Å². The van der Waals surface area contributed by atoms with Crippen molar-refractivity contribution in [3.8, 4) is 0 Å². The fraction of sp³-hybridized carbons (Fsp3) is 0.583. The zero-order chi connectivity index (χ0) is 10.8. The molecule has 0 spiro atoms. The van der Waals surface area contributed by atoms with E-state index in [2.05, 4.69) is 35.9 Å². The predicted octanol–water partition coefficient (Wildman–Crippen LogP) is 2.26. The molecule has 0 saturated carbocycles. The number of aromatic nitrogens is 2. The van der Waals surface area contributed by atoms with Gasteiger partial charge in [0, 0.05) is 17.3 Å². The van der Waals surface area contributed by atoms with Gasteiger partial charge in [0.2, 0.25) is 0 Å². The monoisotopic (exact) mass is 205 g/mol. The standard InChI is InChI=1S/C12H19N3/c1-8(2)13-9(3)12-10-6-4-5-7-11(10)14-15-12/h8,13H,3-7H2,1-2H3,(H,14,15). The summed E-state index contributed by atoms with van der Waals surface area (Å²) in [6, 6.07) is 0.411. The highest BCUT2D eigenvalue weighted by Crippen LogP contribution is 2.25. The van der Waals surface area contributed by atoms with Gasteiger partial charge in [-0.15, -0.1) is 0 Å². The lowest BCUT2D eigenvalue weighted by Crippen LogP contribution is -2.21. The zero-order valence-electron chi connectivity index (χ0n) is 9.56. The van der Waals surface area contributed by atoms with Crippen LogP contribution in [0.15, 0.2) is 6.58 Å². The number of fused-ring (bicyclic) bond motifs is 1. The predicted molar refractivity (Wildman–Crippen MR) is 62.5 cm³/mol. The summed E-state index contributed by atoms with van der Waals surface area (Å²) in [5.41, 5.74) is 4.67. The fourth-order valence-corrected chi connectivity index (χ4v) is 2.15. The first-order chi connectivity index (χ1) is 7.18. The summed E-state index contributed by atoms with van der Waals surface area (Å²) < 4.78 is 0. The quantitative estimate of drug-likeness (QED) is 0.794. The summed E-state index contributed by atoms with van der Waals surface area (Å²) in [4.78, 5) is 0. The molecule has 0 amide bonds. The second kappa shape index (κ2) is 4.09. The maximum atomic E-state index is 4.36. The lowest BCUT2D eigenvalue weighted by Gasteiger charge is -2.15. The fourth-order valence-electron chi connectivity index (χ4n) is 2.15. The Morgan fingerprint density at radius 3 is 2.87 bits per heavy atom. The number of nitrogens with zero attached hydrogens (tertiary/aromatic N) is 1. The Morgan fingerprint density at radius 1 is 1.40 bits per heavy atom. The van der Waals surface area contributed by atoms with Gasteiger partial charge in [-0.05, 0) is 39.5 Å². The van der Waals surface area contributed by atoms with E-state index in [4.69, 9.17) is 0 Å². The normalized spacial score (nSPS) is 15.1. The molecule has 82 valence electrons. The number of aromatic amines is 1. The number of aryl methyl sites for hydroxylation is 1. The lowest BCUT2D eigenvalue weighted by atomic mass is 9.95. The summed E-state index contributed by atoms with van der Waals surface area (Å²) in [7, 11) is 0. The van der Waals surface area contributed by atoms with Gasteiger partial charge in [0.15, 0.2) is 0 Å². The molecule has 1 aromatic rings. The van der Waals surface area contributed by atoms with Crippen LogP contribution in [0.5, 0.6) is 0 Å². The molecule has 0 aliphatic heterocycles. The maximum absolute atomic E-state index is 4.36. The van der Waals surface area contributed by atoms with Gasteiger partial charge < -0.3 is 5.32 Å². The van der Waals surface area contributed by atoms with E-state index < -0.39 is 0 Å².